The minimum atomic E-state index is -0.600. The van der Waals surface area contributed by atoms with Crippen LogP contribution in [0.3, 0.4) is 0 Å². The Kier molecular flexibility index (Phi) is 7.01. The van der Waals surface area contributed by atoms with E-state index in [-0.39, 0.29) is 0 Å². The van der Waals surface area contributed by atoms with Gasteiger partial charge in [-0.2, -0.15) is 0 Å². The van der Waals surface area contributed by atoms with Crippen molar-refractivity contribution in [1.82, 2.24) is 4.57 Å². The molecule has 10 aromatic carbocycles. The highest BCUT2D eigenvalue weighted by Crippen LogP contribution is 2.61. The quantitative estimate of drug-likeness (QED) is 0.178. The number of aromatic nitrogens is 1. The van der Waals surface area contributed by atoms with Crippen LogP contribution in [-0.4, -0.2) is 4.57 Å². The summed E-state index contributed by atoms with van der Waals surface area (Å²) in [6.07, 6.45) is 0. The van der Waals surface area contributed by atoms with Crippen molar-refractivity contribution >= 4 is 71.6 Å². The first-order valence-electron chi connectivity index (χ1n) is 21.6. The Hall–Kier alpha value is -8.34. The maximum absolute atomic E-state index is 7.06. The van der Waals surface area contributed by atoms with E-state index in [2.05, 4.69) is 216 Å². The summed E-state index contributed by atoms with van der Waals surface area (Å²) in [5.41, 5.74) is 15.0. The van der Waals surface area contributed by atoms with Crippen molar-refractivity contribution in [3.8, 4) is 28.3 Å². The van der Waals surface area contributed by atoms with E-state index >= 15 is 0 Å². The number of rotatable bonds is 4. The van der Waals surface area contributed by atoms with E-state index in [4.69, 9.17) is 9.15 Å². The Morgan fingerprint density at radius 3 is 1.97 bits per heavy atom. The fourth-order valence-electron chi connectivity index (χ4n) is 11.1. The van der Waals surface area contributed by atoms with E-state index < -0.39 is 5.41 Å². The van der Waals surface area contributed by atoms with Crippen LogP contribution in [0.5, 0.6) is 11.5 Å². The summed E-state index contributed by atoms with van der Waals surface area (Å²) >= 11 is 0. The fraction of sp³-hybridized carbons (Fsp3) is 0.0169. The highest BCUT2D eigenvalue weighted by atomic mass is 16.5. The Balaban J connectivity index is 0.979. The zero-order chi connectivity index (χ0) is 41.2. The number of hydrogen-bond donors (Lipinski definition) is 0. The van der Waals surface area contributed by atoms with Crippen LogP contribution >= 0.6 is 0 Å². The fourth-order valence-corrected chi connectivity index (χ4v) is 11.1. The van der Waals surface area contributed by atoms with Crippen LogP contribution in [-0.2, 0) is 5.41 Å². The molecule has 1 aliphatic heterocycles. The van der Waals surface area contributed by atoms with Crippen molar-refractivity contribution in [3.05, 3.63) is 241 Å². The van der Waals surface area contributed by atoms with Crippen molar-refractivity contribution in [3.63, 3.8) is 0 Å². The van der Waals surface area contributed by atoms with Gasteiger partial charge in [0.2, 0.25) is 0 Å². The second-order valence-corrected chi connectivity index (χ2v) is 16.8. The molecular formula is C59H36N2O2. The van der Waals surface area contributed by atoms with Crippen LogP contribution in [0.15, 0.2) is 223 Å². The number of benzene rings is 10. The van der Waals surface area contributed by atoms with Gasteiger partial charge in [-0.05, 0) is 99.8 Å². The van der Waals surface area contributed by atoms with E-state index in [9.17, 15) is 0 Å². The number of para-hydroxylation sites is 4. The van der Waals surface area contributed by atoms with Gasteiger partial charge in [-0.1, -0.05) is 140 Å². The molecule has 0 saturated heterocycles. The van der Waals surface area contributed by atoms with Crippen LogP contribution in [0.4, 0.5) is 17.1 Å². The predicted molar refractivity (Wildman–Crippen MR) is 258 cm³/mol. The first kappa shape index (κ1) is 34.4. The zero-order valence-corrected chi connectivity index (χ0v) is 34.0. The number of hydrogen-bond acceptors (Lipinski definition) is 3. The van der Waals surface area contributed by atoms with E-state index in [1.165, 1.54) is 43.8 Å². The maximum Gasteiger partial charge on any atom is 0.137 e. The van der Waals surface area contributed by atoms with Gasteiger partial charge in [-0.3, -0.25) is 0 Å². The topological polar surface area (TPSA) is 30.5 Å². The Labute approximate surface area is 363 Å². The van der Waals surface area contributed by atoms with Crippen molar-refractivity contribution in [2.75, 3.05) is 4.90 Å². The van der Waals surface area contributed by atoms with Gasteiger partial charge in [0.05, 0.1) is 16.4 Å². The van der Waals surface area contributed by atoms with Crippen molar-refractivity contribution in [2.45, 2.75) is 5.41 Å². The molecule has 0 amide bonds. The summed E-state index contributed by atoms with van der Waals surface area (Å²) < 4.78 is 15.8. The molecule has 0 N–H and O–H groups in total. The lowest BCUT2D eigenvalue weighted by Crippen LogP contribution is -2.36. The molecule has 3 heterocycles. The predicted octanol–water partition coefficient (Wildman–Crippen LogP) is 15.8. The standard InChI is InChI=1S/C59H36N2O2/c1-2-16-38(17-3-1)60(39-30-33-53-47(34-39)43-19-5-9-25-52(43)61(53)41-28-31-45-44-20-6-10-26-54(44)62-56(45)35-41)40-29-32-50-57(36-40)63-55-27-11-8-23-49(55)59(50)48-22-7-4-18-42(48)46-21-12-14-37-15-13-24-51(59)58(37)46/h1-36H. The molecule has 0 radical (unpaired) electrons. The second-order valence-electron chi connectivity index (χ2n) is 16.8. The highest BCUT2D eigenvalue weighted by molar-refractivity contribution is 6.12. The smallest absolute Gasteiger partial charge is 0.137 e. The van der Waals surface area contributed by atoms with Crippen LogP contribution < -0.4 is 9.64 Å². The molecule has 14 rings (SSSR count). The van der Waals surface area contributed by atoms with Gasteiger partial charge < -0.3 is 18.6 Å². The molecule has 63 heavy (non-hydrogen) atoms. The number of nitrogens with zero attached hydrogens (tertiary/aromatic N) is 2. The van der Waals surface area contributed by atoms with Gasteiger partial charge in [-0.25, -0.2) is 0 Å². The lowest BCUT2D eigenvalue weighted by atomic mass is 9.58. The summed E-state index contributed by atoms with van der Waals surface area (Å²) in [7, 11) is 0. The van der Waals surface area contributed by atoms with Crippen LogP contribution in [0.2, 0.25) is 0 Å². The third kappa shape index (κ3) is 4.69. The molecule has 1 atom stereocenters. The van der Waals surface area contributed by atoms with Gasteiger partial charge in [0.15, 0.2) is 0 Å². The first-order valence-corrected chi connectivity index (χ1v) is 21.6. The molecule has 4 heteroatoms. The maximum atomic E-state index is 7.06. The molecule has 2 aliphatic rings. The van der Waals surface area contributed by atoms with E-state index in [1.807, 2.05) is 12.1 Å². The van der Waals surface area contributed by atoms with Gasteiger partial charge in [-0.15, -0.1) is 0 Å². The van der Waals surface area contributed by atoms with Gasteiger partial charge >= 0.3 is 0 Å². The number of ether oxygens (including phenoxy) is 1. The molecule has 4 nitrogen and oxygen atoms in total. The average Bonchev–Trinajstić information content (AvgIpc) is 3.88. The molecule has 0 fully saturated rings. The van der Waals surface area contributed by atoms with Crippen LogP contribution in [0, 0.1) is 0 Å². The lowest BCUT2D eigenvalue weighted by molar-refractivity contribution is 0.435. The zero-order valence-electron chi connectivity index (χ0n) is 34.0. The van der Waals surface area contributed by atoms with Gasteiger partial charge in [0.25, 0.3) is 0 Å². The molecule has 12 aromatic rings. The summed E-state index contributed by atoms with van der Waals surface area (Å²) in [5, 5.41) is 7.13. The van der Waals surface area contributed by atoms with Crippen LogP contribution in [0.25, 0.3) is 71.3 Å². The molecule has 1 aliphatic carbocycles. The lowest BCUT2D eigenvalue weighted by Gasteiger charge is -2.45. The summed E-state index contributed by atoms with van der Waals surface area (Å²) in [6.45, 7) is 0. The van der Waals surface area contributed by atoms with Crippen molar-refractivity contribution in [1.29, 1.82) is 0 Å². The molecule has 0 saturated carbocycles. The van der Waals surface area contributed by atoms with Crippen LogP contribution in [0.1, 0.15) is 22.3 Å². The normalized spacial score (nSPS) is 14.9. The van der Waals surface area contributed by atoms with E-state index in [1.54, 1.807) is 0 Å². The monoisotopic (exact) mass is 804 g/mol. The van der Waals surface area contributed by atoms with Crippen molar-refractivity contribution in [2.24, 2.45) is 0 Å². The third-order valence-corrected chi connectivity index (χ3v) is 13.6. The average molecular weight is 805 g/mol. The van der Waals surface area contributed by atoms with E-state index in [0.717, 1.165) is 78.3 Å². The number of anilines is 3. The number of fused-ring (bicyclic) bond motifs is 14. The summed E-state index contributed by atoms with van der Waals surface area (Å²) in [5.74, 6) is 1.71. The largest absolute Gasteiger partial charge is 0.457 e. The SMILES string of the molecule is c1ccc(N(c2ccc3c(c2)Oc2ccccc2C32c3ccccc3-c3cccc4cccc2c34)c2ccc3c(c2)c2ccccc2n3-c2ccc3c(c2)oc2ccccc23)cc1. The Morgan fingerprint density at radius 2 is 1.05 bits per heavy atom. The minimum Gasteiger partial charge on any atom is -0.457 e. The Morgan fingerprint density at radius 1 is 0.381 bits per heavy atom. The third-order valence-electron chi connectivity index (χ3n) is 13.6. The molecule has 294 valence electrons. The van der Waals surface area contributed by atoms with Gasteiger partial charge in [0, 0.05) is 67.6 Å². The minimum absolute atomic E-state index is 0.600. The molecular weight excluding hydrogens is 769 g/mol. The van der Waals surface area contributed by atoms with Crippen molar-refractivity contribution < 1.29 is 9.15 Å². The molecule has 1 unspecified atom stereocenters. The highest BCUT2D eigenvalue weighted by Gasteiger charge is 2.49. The molecule has 0 bridgehead atoms. The first-order chi connectivity index (χ1) is 31.2. The Bertz CT molecular complexity index is 3850. The van der Waals surface area contributed by atoms with Gasteiger partial charge in [0.1, 0.15) is 22.7 Å². The molecule has 1 spiro atoms. The number of furan rings is 1. The summed E-state index contributed by atoms with van der Waals surface area (Å²) in [4.78, 5) is 2.35. The summed E-state index contributed by atoms with van der Waals surface area (Å²) in [6, 6.07) is 78.9. The second kappa shape index (κ2) is 12.8. The van der Waals surface area contributed by atoms with E-state index in [0.29, 0.717) is 0 Å². The molecule has 2 aromatic heterocycles.